The number of nitrogens with one attached hydrogen (secondary N) is 2. The number of ether oxygens (including phenoxy) is 2. The molecule has 11 nitrogen and oxygen atoms in total. The van der Waals surface area contributed by atoms with Crippen molar-refractivity contribution in [3.05, 3.63) is 47.2 Å². The standard InChI is InChI=1S/C25H28N6O5/c1-29-7-9-30(10-8-29)21-6-5-19-18(26-21)12-20(36-19)25(23(33)27-24(34)28-25)14-31-13-15-3-4-16(35-2)11-17(15)22(31)32/h3-6,11,20H,7-10,12-14H2,1-2H3,(H2,27,28,33,34). The molecule has 0 aliphatic carbocycles. The molecule has 36 heavy (non-hydrogen) atoms. The Labute approximate surface area is 208 Å². The van der Waals surface area contributed by atoms with Crippen LogP contribution in [0.15, 0.2) is 30.3 Å². The van der Waals surface area contributed by atoms with Gasteiger partial charge in [0.15, 0.2) is 5.54 Å². The highest BCUT2D eigenvalue weighted by molar-refractivity contribution is 6.08. The fourth-order valence-corrected chi connectivity index (χ4v) is 5.43. The number of imide groups is 1. The van der Waals surface area contributed by atoms with Gasteiger partial charge in [0.2, 0.25) is 0 Å². The van der Waals surface area contributed by atoms with Crippen molar-refractivity contribution < 1.29 is 23.9 Å². The Morgan fingerprint density at radius 2 is 1.94 bits per heavy atom. The van der Waals surface area contributed by atoms with Crippen LogP contribution in [0.2, 0.25) is 0 Å². The van der Waals surface area contributed by atoms with Gasteiger partial charge in [0.1, 0.15) is 23.4 Å². The molecule has 0 saturated carbocycles. The zero-order valence-corrected chi connectivity index (χ0v) is 20.2. The van der Waals surface area contributed by atoms with Crippen molar-refractivity contribution in [1.82, 2.24) is 25.4 Å². The minimum atomic E-state index is -1.44. The third-order valence-corrected chi connectivity index (χ3v) is 7.55. The molecule has 5 heterocycles. The van der Waals surface area contributed by atoms with Crippen molar-refractivity contribution in [2.75, 3.05) is 51.8 Å². The Kier molecular flexibility index (Phi) is 5.25. The fourth-order valence-electron chi connectivity index (χ4n) is 5.43. The topological polar surface area (TPSA) is 116 Å². The van der Waals surface area contributed by atoms with Gasteiger partial charge in [0, 0.05) is 44.7 Å². The number of hydrogen-bond acceptors (Lipinski definition) is 8. The maximum absolute atomic E-state index is 13.2. The van der Waals surface area contributed by atoms with E-state index >= 15 is 0 Å². The Hall–Kier alpha value is -3.86. The molecule has 4 aliphatic heterocycles. The van der Waals surface area contributed by atoms with Crippen molar-refractivity contribution in [2.45, 2.75) is 24.6 Å². The molecule has 2 atom stereocenters. The smallest absolute Gasteiger partial charge is 0.322 e. The van der Waals surface area contributed by atoms with Gasteiger partial charge in [0.05, 0.1) is 19.3 Å². The van der Waals surface area contributed by atoms with Crippen LogP contribution in [0.5, 0.6) is 11.5 Å². The monoisotopic (exact) mass is 492 g/mol. The molecule has 0 bridgehead atoms. The van der Waals surface area contributed by atoms with Crippen molar-refractivity contribution in [3.8, 4) is 11.5 Å². The zero-order valence-electron chi connectivity index (χ0n) is 20.2. The van der Waals surface area contributed by atoms with E-state index in [0.29, 0.717) is 30.0 Å². The van der Waals surface area contributed by atoms with Crippen LogP contribution in [-0.2, 0) is 17.8 Å². The molecule has 2 saturated heterocycles. The quantitative estimate of drug-likeness (QED) is 0.576. The third-order valence-electron chi connectivity index (χ3n) is 7.55. The predicted octanol–water partition coefficient (Wildman–Crippen LogP) is 0.380. The number of rotatable bonds is 5. The van der Waals surface area contributed by atoms with E-state index in [2.05, 4.69) is 27.5 Å². The highest BCUT2D eigenvalue weighted by atomic mass is 16.5. The van der Waals surface area contributed by atoms with E-state index in [1.165, 1.54) is 0 Å². The first kappa shape index (κ1) is 22.6. The van der Waals surface area contributed by atoms with Crippen molar-refractivity contribution >= 4 is 23.7 Å². The van der Waals surface area contributed by atoms with Gasteiger partial charge in [-0.05, 0) is 36.9 Å². The number of carbonyl (C=O) groups excluding carboxylic acids is 3. The number of urea groups is 1. The molecule has 4 aliphatic rings. The maximum atomic E-state index is 13.2. The summed E-state index contributed by atoms with van der Waals surface area (Å²) in [6.45, 7) is 4.00. The van der Waals surface area contributed by atoms with Crippen LogP contribution in [0.3, 0.4) is 0 Å². The van der Waals surface area contributed by atoms with Crippen LogP contribution in [-0.4, -0.2) is 91.2 Å². The summed E-state index contributed by atoms with van der Waals surface area (Å²) < 4.78 is 11.5. The number of aromatic nitrogens is 1. The first-order chi connectivity index (χ1) is 17.4. The maximum Gasteiger partial charge on any atom is 0.322 e. The molecule has 2 aromatic rings. The van der Waals surface area contributed by atoms with Crippen LogP contribution in [0.1, 0.15) is 21.6 Å². The Morgan fingerprint density at radius 3 is 2.67 bits per heavy atom. The molecular weight excluding hydrogens is 464 g/mol. The van der Waals surface area contributed by atoms with Crippen LogP contribution in [0.4, 0.5) is 10.6 Å². The lowest BCUT2D eigenvalue weighted by molar-refractivity contribution is -0.127. The van der Waals surface area contributed by atoms with Crippen molar-refractivity contribution in [2.24, 2.45) is 0 Å². The first-order valence-corrected chi connectivity index (χ1v) is 12.1. The fraction of sp³-hybridized carbons (Fsp3) is 0.440. The van der Waals surface area contributed by atoms with Crippen LogP contribution >= 0.6 is 0 Å². The van der Waals surface area contributed by atoms with Gasteiger partial charge in [0.25, 0.3) is 11.8 Å². The minimum Gasteiger partial charge on any atom is -0.497 e. The van der Waals surface area contributed by atoms with Crippen LogP contribution in [0.25, 0.3) is 0 Å². The molecule has 0 radical (unpaired) electrons. The summed E-state index contributed by atoms with van der Waals surface area (Å²) in [7, 11) is 3.65. The Balaban J connectivity index is 1.25. The van der Waals surface area contributed by atoms with Crippen molar-refractivity contribution in [1.29, 1.82) is 0 Å². The summed E-state index contributed by atoms with van der Waals surface area (Å²) in [5, 5.41) is 5.13. The second kappa shape index (κ2) is 8.37. The molecule has 11 heteroatoms. The number of carbonyl (C=O) groups is 3. The largest absolute Gasteiger partial charge is 0.497 e. The number of pyridine rings is 1. The molecule has 1 aromatic heterocycles. The van der Waals surface area contributed by atoms with Gasteiger partial charge in [-0.25, -0.2) is 9.78 Å². The van der Waals surface area contributed by atoms with E-state index in [1.807, 2.05) is 18.2 Å². The van der Waals surface area contributed by atoms with Crippen molar-refractivity contribution in [3.63, 3.8) is 0 Å². The average Bonchev–Trinajstić information content (AvgIpc) is 3.53. The summed E-state index contributed by atoms with van der Waals surface area (Å²) in [6, 6.07) is 8.55. The van der Waals surface area contributed by atoms with Gasteiger partial charge in [-0.15, -0.1) is 0 Å². The van der Waals surface area contributed by atoms with Crippen LogP contribution < -0.4 is 25.0 Å². The lowest BCUT2D eigenvalue weighted by atomic mass is 9.89. The summed E-state index contributed by atoms with van der Waals surface area (Å²) in [5.74, 6) is 1.32. The molecular formula is C25H28N6O5. The number of likely N-dealkylation sites (N-methyl/N-ethyl adjacent to an activating group) is 1. The zero-order chi connectivity index (χ0) is 25.0. The van der Waals surface area contributed by atoms with E-state index in [0.717, 1.165) is 43.3 Å². The molecule has 2 unspecified atom stereocenters. The highest BCUT2D eigenvalue weighted by Crippen LogP contribution is 2.37. The Bertz CT molecular complexity index is 1260. The lowest BCUT2D eigenvalue weighted by Crippen LogP contribution is -2.64. The van der Waals surface area contributed by atoms with E-state index in [4.69, 9.17) is 14.5 Å². The molecule has 1 aromatic carbocycles. The van der Waals surface area contributed by atoms with E-state index in [-0.39, 0.29) is 12.5 Å². The van der Waals surface area contributed by atoms with E-state index in [1.54, 1.807) is 24.1 Å². The SMILES string of the molecule is COc1ccc2c(c1)C(=O)N(CC1(C3Cc4nc(N5CCN(C)CC5)ccc4O3)NC(=O)NC1=O)C2. The van der Waals surface area contributed by atoms with Gasteiger partial charge in [-0.2, -0.15) is 0 Å². The predicted molar refractivity (Wildman–Crippen MR) is 129 cm³/mol. The second-order valence-corrected chi connectivity index (χ2v) is 9.78. The third kappa shape index (κ3) is 3.62. The number of fused-ring (bicyclic) bond motifs is 2. The lowest BCUT2D eigenvalue weighted by Gasteiger charge is -2.34. The summed E-state index contributed by atoms with van der Waals surface area (Å²) >= 11 is 0. The second-order valence-electron chi connectivity index (χ2n) is 9.78. The first-order valence-electron chi connectivity index (χ1n) is 12.1. The average molecular weight is 493 g/mol. The number of amides is 4. The number of nitrogens with zero attached hydrogens (tertiary/aromatic N) is 4. The minimum absolute atomic E-state index is 0.0234. The number of methoxy groups -OCH3 is 1. The molecule has 2 fully saturated rings. The summed E-state index contributed by atoms with van der Waals surface area (Å²) in [4.78, 5) is 49.6. The van der Waals surface area contributed by atoms with Gasteiger partial charge in [-0.3, -0.25) is 14.9 Å². The highest BCUT2D eigenvalue weighted by Gasteiger charge is 2.57. The van der Waals surface area contributed by atoms with Gasteiger partial charge < -0.3 is 29.5 Å². The molecule has 2 N–H and O–H groups in total. The number of anilines is 1. The molecule has 6 rings (SSSR count). The molecule has 0 spiro atoms. The number of piperazine rings is 1. The summed E-state index contributed by atoms with van der Waals surface area (Å²) in [5.41, 5.74) is 0.678. The normalized spacial score (nSPS) is 25.4. The molecule has 188 valence electrons. The molecule has 4 amide bonds. The summed E-state index contributed by atoms with van der Waals surface area (Å²) in [6.07, 6.45) is -0.367. The van der Waals surface area contributed by atoms with E-state index < -0.39 is 23.6 Å². The number of hydrogen-bond donors (Lipinski definition) is 2. The van der Waals surface area contributed by atoms with Gasteiger partial charge in [-0.1, -0.05) is 6.07 Å². The van der Waals surface area contributed by atoms with Gasteiger partial charge >= 0.3 is 6.03 Å². The van der Waals surface area contributed by atoms with E-state index in [9.17, 15) is 14.4 Å². The Morgan fingerprint density at radius 1 is 1.14 bits per heavy atom. The van der Waals surface area contributed by atoms with Crippen LogP contribution in [0, 0.1) is 0 Å². The number of benzene rings is 1.